The number of piperidine rings is 1. The second kappa shape index (κ2) is 9.37. The molecule has 1 amide bonds. The predicted octanol–water partition coefficient (Wildman–Crippen LogP) is 2.80. The van der Waals surface area contributed by atoms with Crippen LogP contribution in [0.15, 0.2) is 24.3 Å². The van der Waals surface area contributed by atoms with Crippen molar-refractivity contribution in [1.29, 1.82) is 0 Å². The topological polar surface area (TPSA) is 43.8 Å². The minimum absolute atomic E-state index is 0.0615. The van der Waals surface area contributed by atoms with Crippen LogP contribution in [0.1, 0.15) is 30.4 Å². The molecule has 1 aromatic rings. The Morgan fingerprint density at radius 3 is 2.85 bits per heavy atom. The molecule has 0 saturated carbocycles. The zero-order valence-corrected chi connectivity index (χ0v) is 15.1. The highest BCUT2D eigenvalue weighted by Gasteiger charge is 2.30. The van der Waals surface area contributed by atoms with Gasteiger partial charge in [0.1, 0.15) is 0 Å². The van der Waals surface area contributed by atoms with E-state index in [1.807, 2.05) is 0 Å². The van der Waals surface area contributed by atoms with Crippen molar-refractivity contribution in [3.05, 3.63) is 35.4 Å². The van der Waals surface area contributed by atoms with E-state index >= 15 is 0 Å². The van der Waals surface area contributed by atoms with Gasteiger partial charge < -0.3 is 14.9 Å². The maximum Gasteiger partial charge on any atom is 0.416 e. The number of carbonyl (C=O) groups excluding carboxylic acids is 1. The van der Waals surface area contributed by atoms with Crippen LogP contribution in [0.5, 0.6) is 0 Å². The smallest absolute Gasteiger partial charge is 0.396 e. The SMILES string of the molecule is CN(CC1CCCN(CCc2cccc(C(F)(F)F)c2)C1)C(=O)CCO. The third-order valence-electron chi connectivity index (χ3n) is 4.86. The lowest BCUT2D eigenvalue weighted by Crippen LogP contribution is -2.42. The third-order valence-corrected chi connectivity index (χ3v) is 4.86. The zero-order valence-electron chi connectivity index (χ0n) is 15.1. The van der Waals surface area contributed by atoms with Gasteiger partial charge in [-0.05, 0) is 43.4 Å². The van der Waals surface area contributed by atoms with Crippen molar-refractivity contribution in [2.75, 3.05) is 39.8 Å². The maximum absolute atomic E-state index is 12.8. The molecule has 4 nitrogen and oxygen atoms in total. The fraction of sp³-hybridized carbons (Fsp3) is 0.632. The molecule has 26 heavy (non-hydrogen) atoms. The van der Waals surface area contributed by atoms with Gasteiger partial charge in [-0.25, -0.2) is 0 Å². The number of nitrogens with zero attached hydrogens (tertiary/aromatic N) is 2. The predicted molar refractivity (Wildman–Crippen MR) is 93.7 cm³/mol. The van der Waals surface area contributed by atoms with Crippen LogP contribution in [-0.4, -0.2) is 60.6 Å². The molecule has 1 heterocycles. The minimum atomic E-state index is -4.31. The van der Waals surface area contributed by atoms with Crippen molar-refractivity contribution in [2.24, 2.45) is 5.92 Å². The first-order chi connectivity index (χ1) is 12.3. The first-order valence-electron chi connectivity index (χ1n) is 9.03. The molecule has 1 saturated heterocycles. The van der Waals surface area contributed by atoms with E-state index in [-0.39, 0.29) is 18.9 Å². The van der Waals surface area contributed by atoms with Crippen molar-refractivity contribution in [2.45, 2.75) is 31.9 Å². The van der Waals surface area contributed by atoms with Crippen LogP contribution >= 0.6 is 0 Å². The summed E-state index contributed by atoms with van der Waals surface area (Å²) in [4.78, 5) is 15.7. The number of aliphatic hydroxyl groups excluding tert-OH is 1. The first kappa shape index (κ1) is 20.7. The Morgan fingerprint density at radius 1 is 1.38 bits per heavy atom. The maximum atomic E-state index is 12.8. The lowest BCUT2D eigenvalue weighted by molar-refractivity contribution is -0.137. The number of aliphatic hydroxyl groups is 1. The second-order valence-corrected chi connectivity index (χ2v) is 7.00. The molecule has 1 N–H and O–H groups in total. The van der Waals surface area contributed by atoms with Gasteiger partial charge in [-0.3, -0.25) is 4.79 Å². The normalized spacial score (nSPS) is 18.7. The quantitative estimate of drug-likeness (QED) is 0.801. The zero-order chi connectivity index (χ0) is 19.2. The Labute approximate surface area is 152 Å². The summed E-state index contributed by atoms with van der Waals surface area (Å²) in [6.07, 6.45) is -1.53. The van der Waals surface area contributed by atoms with Gasteiger partial charge in [0.2, 0.25) is 5.91 Å². The largest absolute Gasteiger partial charge is 0.416 e. The highest BCUT2D eigenvalue weighted by atomic mass is 19.4. The standard InChI is InChI=1S/C19H27F3N2O2/c1-23(18(26)8-11-25)13-16-5-3-9-24(14-16)10-7-15-4-2-6-17(12-15)19(20,21)22/h2,4,6,12,16,25H,3,5,7-11,13-14H2,1H3. The number of carbonyl (C=O) groups is 1. The summed E-state index contributed by atoms with van der Waals surface area (Å²) in [7, 11) is 1.75. The number of likely N-dealkylation sites (tertiary alicyclic amines) is 1. The Kier molecular flexibility index (Phi) is 7.46. The molecule has 1 fully saturated rings. The van der Waals surface area contributed by atoms with E-state index in [1.54, 1.807) is 18.0 Å². The summed E-state index contributed by atoms with van der Waals surface area (Å²) in [5.41, 5.74) is 0.0905. The molecule has 1 aromatic carbocycles. The number of amides is 1. The molecule has 0 spiro atoms. The molecule has 1 aliphatic heterocycles. The van der Waals surface area contributed by atoms with Crippen molar-refractivity contribution in [3.8, 4) is 0 Å². The Balaban J connectivity index is 1.84. The number of hydrogen-bond donors (Lipinski definition) is 1. The minimum Gasteiger partial charge on any atom is -0.396 e. The van der Waals surface area contributed by atoms with E-state index < -0.39 is 11.7 Å². The number of benzene rings is 1. The highest BCUT2D eigenvalue weighted by Crippen LogP contribution is 2.29. The highest BCUT2D eigenvalue weighted by molar-refractivity contribution is 5.75. The second-order valence-electron chi connectivity index (χ2n) is 7.00. The van der Waals surface area contributed by atoms with Crippen molar-refractivity contribution < 1.29 is 23.1 Å². The molecule has 0 aliphatic carbocycles. The summed E-state index contributed by atoms with van der Waals surface area (Å²) in [5.74, 6) is 0.298. The third kappa shape index (κ3) is 6.29. The summed E-state index contributed by atoms with van der Waals surface area (Å²) < 4.78 is 38.4. The number of rotatable bonds is 7. The van der Waals surface area contributed by atoms with Crippen molar-refractivity contribution in [3.63, 3.8) is 0 Å². The fourth-order valence-electron chi connectivity index (χ4n) is 3.47. The average molecular weight is 372 g/mol. The lowest BCUT2D eigenvalue weighted by atomic mass is 9.97. The van der Waals surface area contributed by atoms with Crippen molar-refractivity contribution >= 4 is 5.91 Å². The van der Waals surface area contributed by atoms with Gasteiger partial charge in [0.25, 0.3) is 0 Å². The van der Waals surface area contributed by atoms with E-state index in [0.717, 1.165) is 32.0 Å². The molecular formula is C19H27F3N2O2. The molecule has 0 aromatic heterocycles. The van der Waals surface area contributed by atoms with Crippen LogP contribution in [0, 0.1) is 5.92 Å². The molecule has 0 bridgehead atoms. The Hall–Kier alpha value is -1.60. The van der Waals surface area contributed by atoms with E-state index in [4.69, 9.17) is 5.11 Å². The van der Waals surface area contributed by atoms with Crippen LogP contribution in [0.4, 0.5) is 13.2 Å². The van der Waals surface area contributed by atoms with Gasteiger partial charge >= 0.3 is 6.18 Å². The average Bonchev–Trinajstić information content (AvgIpc) is 2.60. The number of alkyl halides is 3. The first-order valence-corrected chi connectivity index (χ1v) is 9.03. The molecule has 7 heteroatoms. The molecule has 1 atom stereocenters. The number of hydrogen-bond acceptors (Lipinski definition) is 3. The van der Waals surface area contributed by atoms with Crippen LogP contribution in [0.2, 0.25) is 0 Å². The Bertz CT molecular complexity index is 592. The van der Waals surface area contributed by atoms with Gasteiger partial charge in [0.05, 0.1) is 12.2 Å². The monoisotopic (exact) mass is 372 g/mol. The molecule has 146 valence electrons. The van der Waals surface area contributed by atoms with Crippen molar-refractivity contribution in [1.82, 2.24) is 9.80 Å². The molecule has 0 radical (unpaired) electrons. The molecular weight excluding hydrogens is 345 g/mol. The lowest BCUT2D eigenvalue weighted by Gasteiger charge is -2.34. The molecule has 1 aliphatic rings. The van der Waals surface area contributed by atoms with Crippen LogP contribution in [0.3, 0.4) is 0 Å². The summed E-state index contributed by atoms with van der Waals surface area (Å²) in [6.45, 7) is 3.00. The van der Waals surface area contributed by atoms with Crippen LogP contribution in [0.25, 0.3) is 0 Å². The summed E-state index contributed by atoms with van der Waals surface area (Å²) in [5, 5.41) is 8.86. The van der Waals surface area contributed by atoms with E-state index in [2.05, 4.69) is 4.90 Å². The molecule has 1 unspecified atom stereocenters. The van der Waals surface area contributed by atoms with E-state index in [1.165, 1.54) is 12.1 Å². The van der Waals surface area contributed by atoms with Gasteiger partial charge in [-0.1, -0.05) is 18.2 Å². The van der Waals surface area contributed by atoms with Crippen LogP contribution in [-0.2, 0) is 17.4 Å². The van der Waals surface area contributed by atoms with Gasteiger partial charge in [0.15, 0.2) is 0 Å². The van der Waals surface area contributed by atoms with Gasteiger partial charge in [-0.2, -0.15) is 13.2 Å². The van der Waals surface area contributed by atoms with E-state index in [0.29, 0.717) is 31.0 Å². The summed E-state index contributed by atoms with van der Waals surface area (Å²) in [6, 6.07) is 5.51. The van der Waals surface area contributed by atoms with Crippen LogP contribution < -0.4 is 0 Å². The Morgan fingerprint density at radius 2 is 2.15 bits per heavy atom. The number of halogens is 3. The molecule has 2 rings (SSSR count). The van der Waals surface area contributed by atoms with E-state index in [9.17, 15) is 18.0 Å². The summed E-state index contributed by atoms with van der Waals surface area (Å²) >= 11 is 0. The fourth-order valence-corrected chi connectivity index (χ4v) is 3.47. The van der Waals surface area contributed by atoms with Gasteiger partial charge in [-0.15, -0.1) is 0 Å². The van der Waals surface area contributed by atoms with Gasteiger partial charge in [0, 0.05) is 33.1 Å².